The normalized spacial score (nSPS) is 20.1. The Balaban J connectivity index is 0.00000132. The molecule has 0 bridgehead atoms. The molecule has 1 atom stereocenters. The lowest BCUT2D eigenvalue weighted by molar-refractivity contribution is -0.118. The summed E-state index contributed by atoms with van der Waals surface area (Å²) in [6, 6.07) is 8.26. The van der Waals surface area contributed by atoms with E-state index in [0.717, 1.165) is 44.7 Å². The van der Waals surface area contributed by atoms with Crippen molar-refractivity contribution >= 4 is 42.1 Å². The predicted molar refractivity (Wildman–Crippen MR) is 101 cm³/mol. The number of fused-ring (bicyclic) bond motifs is 1. The van der Waals surface area contributed by atoms with Crippen LogP contribution in [0.2, 0.25) is 0 Å². The molecule has 2 heterocycles. The topological polar surface area (TPSA) is 35.6 Å². The van der Waals surface area contributed by atoms with Gasteiger partial charge in [0, 0.05) is 26.6 Å². The summed E-state index contributed by atoms with van der Waals surface area (Å²) < 4.78 is 0. The minimum Gasteiger partial charge on any atom is -0.373 e. The van der Waals surface area contributed by atoms with Crippen molar-refractivity contribution in [3.63, 3.8) is 0 Å². The van der Waals surface area contributed by atoms with Gasteiger partial charge in [-0.25, -0.2) is 0 Å². The first kappa shape index (κ1) is 20.1. The zero-order valence-electron chi connectivity index (χ0n) is 13.7. The number of nitrogens with one attached hydrogen (secondary N) is 1. The van der Waals surface area contributed by atoms with Crippen LogP contribution in [0.1, 0.15) is 25.7 Å². The van der Waals surface area contributed by atoms with E-state index >= 15 is 0 Å². The highest BCUT2D eigenvalue weighted by molar-refractivity contribution is 5.97. The average Bonchev–Trinajstić information content (AvgIpc) is 2.96. The molecule has 0 saturated carbocycles. The van der Waals surface area contributed by atoms with Crippen LogP contribution < -0.4 is 15.1 Å². The van der Waals surface area contributed by atoms with Crippen LogP contribution in [0.3, 0.4) is 0 Å². The molecule has 0 spiro atoms. The van der Waals surface area contributed by atoms with Gasteiger partial charge in [0.2, 0.25) is 5.91 Å². The summed E-state index contributed by atoms with van der Waals surface area (Å²) in [5.74, 6) is 0.962. The van der Waals surface area contributed by atoms with E-state index in [1.807, 2.05) is 17.0 Å². The molecule has 1 aromatic rings. The highest BCUT2D eigenvalue weighted by Gasteiger charge is 2.24. The Morgan fingerprint density at radius 1 is 1.22 bits per heavy atom. The first-order valence-corrected chi connectivity index (χ1v) is 8.07. The van der Waals surface area contributed by atoms with Crippen molar-refractivity contribution in [2.45, 2.75) is 25.7 Å². The van der Waals surface area contributed by atoms with Crippen molar-refractivity contribution in [1.82, 2.24) is 5.32 Å². The van der Waals surface area contributed by atoms with Crippen LogP contribution in [0, 0.1) is 5.92 Å². The van der Waals surface area contributed by atoms with Crippen molar-refractivity contribution in [1.29, 1.82) is 0 Å². The third kappa shape index (κ3) is 4.75. The molecule has 2 aliphatic heterocycles. The molecule has 1 saturated heterocycles. The maximum absolute atomic E-state index is 12.7. The van der Waals surface area contributed by atoms with E-state index in [9.17, 15) is 4.79 Å². The third-order valence-corrected chi connectivity index (χ3v) is 4.69. The zero-order valence-corrected chi connectivity index (χ0v) is 15.3. The molecule has 23 heavy (non-hydrogen) atoms. The van der Waals surface area contributed by atoms with Crippen molar-refractivity contribution in [3.05, 3.63) is 24.3 Å². The van der Waals surface area contributed by atoms with Gasteiger partial charge in [-0.2, -0.15) is 0 Å². The lowest BCUT2D eigenvalue weighted by Crippen LogP contribution is -2.31. The molecule has 3 rings (SSSR count). The summed E-state index contributed by atoms with van der Waals surface area (Å²) in [6.45, 7) is 4.03. The lowest BCUT2D eigenvalue weighted by Gasteiger charge is -2.24. The van der Waals surface area contributed by atoms with Gasteiger partial charge in [-0.05, 0) is 50.4 Å². The van der Waals surface area contributed by atoms with Crippen molar-refractivity contribution in [3.8, 4) is 0 Å². The first-order valence-electron chi connectivity index (χ1n) is 8.07. The van der Waals surface area contributed by atoms with Gasteiger partial charge in [0.05, 0.1) is 11.4 Å². The van der Waals surface area contributed by atoms with Crippen LogP contribution in [0.25, 0.3) is 0 Å². The molecule has 6 heteroatoms. The molecule has 0 radical (unpaired) electrons. The summed E-state index contributed by atoms with van der Waals surface area (Å²) >= 11 is 0. The second kappa shape index (κ2) is 9.36. The molecular weight excluding hydrogens is 333 g/mol. The Bertz CT molecular complexity index is 506. The van der Waals surface area contributed by atoms with Crippen LogP contribution in [0.5, 0.6) is 0 Å². The van der Waals surface area contributed by atoms with Gasteiger partial charge in [0.15, 0.2) is 0 Å². The number of nitrogens with zero attached hydrogens (tertiary/aromatic N) is 2. The van der Waals surface area contributed by atoms with E-state index in [4.69, 9.17) is 0 Å². The van der Waals surface area contributed by atoms with Gasteiger partial charge in [-0.15, -0.1) is 24.8 Å². The number of amides is 1. The maximum Gasteiger partial charge on any atom is 0.227 e. The van der Waals surface area contributed by atoms with Gasteiger partial charge in [0.25, 0.3) is 0 Å². The van der Waals surface area contributed by atoms with E-state index in [-0.39, 0.29) is 30.7 Å². The summed E-state index contributed by atoms with van der Waals surface area (Å²) in [6.07, 6.45) is 3.93. The fourth-order valence-corrected chi connectivity index (χ4v) is 3.40. The summed E-state index contributed by atoms with van der Waals surface area (Å²) in [5.41, 5.74) is 2.25. The number of carbonyl (C=O) groups is 1. The molecular formula is C17H27Cl2N3O. The fourth-order valence-electron chi connectivity index (χ4n) is 3.40. The van der Waals surface area contributed by atoms with E-state index in [0.29, 0.717) is 12.3 Å². The number of halogens is 2. The Hall–Kier alpha value is -0.970. The monoisotopic (exact) mass is 359 g/mol. The number of para-hydroxylation sites is 2. The van der Waals surface area contributed by atoms with Crippen molar-refractivity contribution < 1.29 is 4.79 Å². The number of carbonyl (C=O) groups excluding carboxylic acids is 1. The smallest absolute Gasteiger partial charge is 0.227 e. The third-order valence-electron chi connectivity index (χ3n) is 4.69. The number of hydrogen-bond acceptors (Lipinski definition) is 3. The van der Waals surface area contributed by atoms with Crippen LogP contribution in [-0.4, -0.2) is 39.1 Å². The number of benzene rings is 1. The summed E-state index contributed by atoms with van der Waals surface area (Å²) in [7, 11) is 2.11. The van der Waals surface area contributed by atoms with Crippen LogP contribution in [0.4, 0.5) is 11.4 Å². The molecule has 4 nitrogen and oxygen atoms in total. The number of hydrogen-bond donors (Lipinski definition) is 1. The molecule has 130 valence electrons. The fraction of sp³-hybridized carbons (Fsp3) is 0.588. The molecule has 0 aliphatic carbocycles. The molecule has 2 aliphatic rings. The van der Waals surface area contributed by atoms with E-state index in [1.165, 1.54) is 12.1 Å². The molecule has 1 aromatic carbocycles. The van der Waals surface area contributed by atoms with Crippen LogP contribution in [0.15, 0.2) is 24.3 Å². The molecule has 1 amide bonds. The number of anilines is 2. The van der Waals surface area contributed by atoms with Gasteiger partial charge in [0.1, 0.15) is 0 Å². The molecule has 1 N–H and O–H groups in total. The summed E-state index contributed by atoms with van der Waals surface area (Å²) in [5, 5.41) is 3.38. The second-order valence-corrected chi connectivity index (χ2v) is 6.21. The van der Waals surface area contributed by atoms with Crippen LogP contribution >= 0.6 is 24.8 Å². The lowest BCUT2D eigenvalue weighted by atomic mass is 10.0. The Morgan fingerprint density at radius 2 is 1.96 bits per heavy atom. The van der Waals surface area contributed by atoms with Crippen LogP contribution in [-0.2, 0) is 4.79 Å². The Labute approximate surface area is 151 Å². The minimum absolute atomic E-state index is 0. The van der Waals surface area contributed by atoms with E-state index < -0.39 is 0 Å². The Kier molecular flexibility index (Phi) is 8.17. The SMILES string of the molecule is CN1CCCN(C(=O)CCC2CCNC2)c2ccccc21.Cl.Cl. The standard InChI is InChI=1S/C17H25N3O.2ClH/c1-19-11-4-12-20(16-6-3-2-5-15(16)19)17(21)8-7-14-9-10-18-13-14;;/h2-3,5-6,14,18H,4,7-13H2,1H3;2*1H. The highest BCUT2D eigenvalue weighted by Crippen LogP contribution is 2.32. The highest BCUT2D eigenvalue weighted by atomic mass is 35.5. The first-order chi connectivity index (χ1) is 10.3. The number of rotatable bonds is 3. The maximum atomic E-state index is 12.7. The zero-order chi connectivity index (χ0) is 14.7. The van der Waals surface area contributed by atoms with Gasteiger partial charge in [-0.3, -0.25) is 4.79 Å². The average molecular weight is 360 g/mol. The Morgan fingerprint density at radius 3 is 2.65 bits per heavy atom. The van der Waals surface area contributed by atoms with E-state index in [1.54, 1.807) is 0 Å². The van der Waals surface area contributed by atoms with Crippen molar-refractivity contribution in [2.75, 3.05) is 43.0 Å². The largest absolute Gasteiger partial charge is 0.373 e. The van der Waals surface area contributed by atoms with E-state index in [2.05, 4.69) is 29.4 Å². The van der Waals surface area contributed by atoms with Gasteiger partial charge in [-0.1, -0.05) is 12.1 Å². The molecule has 1 unspecified atom stereocenters. The molecule has 1 fully saturated rings. The van der Waals surface area contributed by atoms with Crippen molar-refractivity contribution in [2.24, 2.45) is 5.92 Å². The predicted octanol–water partition coefficient (Wildman–Crippen LogP) is 3.09. The quantitative estimate of drug-likeness (QED) is 0.900. The summed E-state index contributed by atoms with van der Waals surface area (Å²) in [4.78, 5) is 16.9. The van der Waals surface area contributed by atoms with Gasteiger partial charge < -0.3 is 15.1 Å². The second-order valence-electron chi connectivity index (χ2n) is 6.21. The molecule has 0 aromatic heterocycles. The minimum atomic E-state index is 0. The van der Waals surface area contributed by atoms with Gasteiger partial charge >= 0.3 is 0 Å².